The Kier molecular flexibility index (Phi) is 4.37. The first kappa shape index (κ1) is 19.6. The van der Waals surface area contributed by atoms with Crippen LogP contribution in [0.4, 0.5) is 18.9 Å². The molecule has 4 rings (SSSR count). The van der Waals surface area contributed by atoms with Crippen LogP contribution in [-0.4, -0.2) is 36.9 Å². The zero-order chi connectivity index (χ0) is 21.8. The first-order valence-electron chi connectivity index (χ1n) is 8.77. The van der Waals surface area contributed by atoms with Crippen LogP contribution in [0.1, 0.15) is 18.2 Å². The molecule has 1 atom stereocenters. The number of nitrogens with one attached hydrogen (secondary N) is 1. The van der Waals surface area contributed by atoms with Crippen molar-refractivity contribution < 1.29 is 27.5 Å². The Labute approximate surface area is 168 Å². The van der Waals surface area contributed by atoms with Crippen molar-refractivity contribution in [2.24, 2.45) is 4.99 Å². The molecule has 3 heterocycles. The van der Waals surface area contributed by atoms with E-state index < -0.39 is 34.9 Å². The molecular formula is C20H15F3N4O3. The molecule has 0 bridgehead atoms. The van der Waals surface area contributed by atoms with Crippen molar-refractivity contribution in [1.82, 2.24) is 10.3 Å². The molecule has 7 nitrogen and oxygen atoms in total. The van der Waals surface area contributed by atoms with Crippen LogP contribution in [0.15, 0.2) is 46.7 Å². The van der Waals surface area contributed by atoms with Gasteiger partial charge in [0.05, 0.1) is 24.6 Å². The van der Waals surface area contributed by atoms with Gasteiger partial charge in [0.15, 0.2) is 11.7 Å². The lowest BCUT2D eigenvalue weighted by Gasteiger charge is -2.32. The SMILES string of the molecule is COC(=O)C1=C(C)NC(c2ncc(F)cc2F)=NC12C(=O)N(C)c1cc(F)ccc12. The lowest BCUT2D eigenvalue weighted by molar-refractivity contribution is -0.138. The van der Waals surface area contributed by atoms with E-state index in [1.165, 1.54) is 20.0 Å². The van der Waals surface area contributed by atoms with E-state index in [2.05, 4.69) is 15.3 Å². The first-order valence-corrected chi connectivity index (χ1v) is 8.77. The van der Waals surface area contributed by atoms with E-state index >= 15 is 0 Å². The number of pyridine rings is 1. The summed E-state index contributed by atoms with van der Waals surface area (Å²) < 4.78 is 46.4. The zero-order valence-corrected chi connectivity index (χ0v) is 16.1. The van der Waals surface area contributed by atoms with Crippen molar-refractivity contribution in [2.75, 3.05) is 19.1 Å². The van der Waals surface area contributed by atoms with Gasteiger partial charge in [0, 0.05) is 24.4 Å². The average Bonchev–Trinajstić information content (AvgIpc) is 2.89. The number of carbonyl (C=O) groups excluding carboxylic acids is 2. The summed E-state index contributed by atoms with van der Waals surface area (Å²) in [5.41, 5.74) is -1.83. The van der Waals surface area contributed by atoms with Crippen LogP contribution in [0.5, 0.6) is 0 Å². The Bertz CT molecular complexity index is 1180. The predicted octanol–water partition coefficient (Wildman–Crippen LogP) is 2.17. The molecular weight excluding hydrogens is 401 g/mol. The van der Waals surface area contributed by atoms with Gasteiger partial charge in [-0.15, -0.1) is 0 Å². The molecule has 2 aliphatic heterocycles. The maximum atomic E-state index is 14.4. The number of benzene rings is 1. The second kappa shape index (κ2) is 6.68. The monoisotopic (exact) mass is 416 g/mol. The van der Waals surface area contributed by atoms with Crippen LogP contribution in [-0.2, 0) is 19.9 Å². The molecule has 1 unspecified atom stereocenters. The van der Waals surface area contributed by atoms with Crippen molar-refractivity contribution in [3.63, 3.8) is 0 Å². The van der Waals surface area contributed by atoms with Crippen LogP contribution < -0.4 is 10.2 Å². The minimum atomic E-state index is -1.95. The van der Waals surface area contributed by atoms with Crippen molar-refractivity contribution in [3.8, 4) is 0 Å². The number of aromatic nitrogens is 1. The summed E-state index contributed by atoms with van der Waals surface area (Å²) in [4.78, 5) is 35.3. The quantitative estimate of drug-likeness (QED) is 0.759. The van der Waals surface area contributed by atoms with Crippen molar-refractivity contribution >= 4 is 23.4 Å². The number of amidine groups is 1. The van der Waals surface area contributed by atoms with Gasteiger partial charge in [-0.05, 0) is 19.1 Å². The smallest absolute Gasteiger partial charge is 0.338 e. The fourth-order valence-electron chi connectivity index (χ4n) is 3.77. The number of fused-ring (bicyclic) bond motifs is 2. The number of rotatable bonds is 2. The van der Waals surface area contributed by atoms with Gasteiger partial charge in [-0.3, -0.25) is 4.79 Å². The van der Waals surface area contributed by atoms with Gasteiger partial charge in [-0.1, -0.05) is 6.07 Å². The average molecular weight is 416 g/mol. The Balaban J connectivity index is 2.05. The van der Waals surface area contributed by atoms with Gasteiger partial charge in [0.1, 0.15) is 17.3 Å². The summed E-state index contributed by atoms with van der Waals surface area (Å²) in [5.74, 6) is -4.17. The molecule has 0 radical (unpaired) electrons. The number of amides is 1. The van der Waals surface area contributed by atoms with Gasteiger partial charge in [0.25, 0.3) is 5.91 Å². The Hall–Kier alpha value is -3.69. The molecule has 0 saturated heterocycles. The molecule has 10 heteroatoms. The van der Waals surface area contributed by atoms with Crippen molar-refractivity contribution in [1.29, 1.82) is 0 Å². The highest BCUT2D eigenvalue weighted by Crippen LogP contribution is 2.49. The number of methoxy groups -OCH3 is 1. The molecule has 0 fully saturated rings. The number of carbonyl (C=O) groups is 2. The molecule has 2 aromatic rings. The van der Waals surface area contributed by atoms with Crippen LogP contribution in [0, 0.1) is 17.5 Å². The standard InChI is InChI=1S/C20H15F3N4O3/c1-9-15(18(28)30-3)20(12-5-4-10(21)7-14(12)27(2)19(20)29)26-17(25-9)16-13(23)6-11(22)8-24-16/h4-8H,1-3H3,(H,25,26). The summed E-state index contributed by atoms with van der Waals surface area (Å²) >= 11 is 0. The third-order valence-corrected chi connectivity index (χ3v) is 5.07. The molecule has 1 spiro atoms. The lowest BCUT2D eigenvalue weighted by Crippen LogP contribution is -2.48. The molecule has 0 saturated carbocycles. The first-order chi connectivity index (χ1) is 14.2. The molecule has 1 N–H and O–H groups in total. The van der Waals surface area contributed by atoms with E-state index in [1.807, 2.05) is 0 Å². The lowest BCUT2D eigenvalue weighted by atomic mass is 9.81. The molecule has 2 aliphatic rings. The summed E-state index contributed by atoms with van der Waals surface area (Å²) in [5, 5.41) is 2.75. The summed E-state index contributed by atoms with van der Waals surface area (Å²) in [6, 6.07) is 4.23. The van der Waals surface area contributed by atoms with Crippen LogP contribution in [0.3, 0.4) is 0 Å². The van der Waals surface area contributed by atoms with Crippen molar-refractivity contribution in [2.45, 2.75) is 12.5 Å². The highest BCUT2D eigenvalue weighted by atomic mass is 19.1. The van der Waals surface area contributed by atoms with Crippen LogP contribution >= 0.6 is 0 Å². The second-order valence-corrected chi connectivity index (χ2v) is 6.80. The molecule has 1 aromatic carbocycles. The number of aliphatic imine (C=N–C) groups is 1. The predicted molar refractivity (Wildman–Crippen MR) is 100 cm³/mol. The number of anilines is 1. The summed E-state index contributed by atoms with van der Waals surface area (Å²) in [6.07, 6.45) is 0.802. The number of halogens is 3. The molecule has 1 amide bonds. The van der Waals surface area contributed by atoms with E-state index in [1.54, 1.807) is 0 Å². The minimum Gasteiger partial charge on any atom is -0.466 e. The zero-order valence-electron chi connectivity index (χ0n) is 16.1. The van der Waals surface area contributed by atoms with E-state index in [-0.39, 0.29) is 34.1 Å². The molecule has 0 aliphatic carbocycles. The largest absolute Gasteiger partial charge is 0.466 e. The number of likely N-dealkylation sites (N-methyl/N-ethyl adjacent to an activating group) is 1. The highest BCUT2D eigenvalue weighted by Gasteiger charge is 2.58. The normalized spacial score (nSPS) is 20.3. The number of nitrogens with zero attached hydrogens (tertiary/aromatic N) is 3. The van der Waals surface area contributed by atoms with Gasteiger partial charge < -0.3 is 15.0 Å². The van der Waals surface area contributed by atoms with E-state index in [4.69, 9.17) is 4.74 Å². The van der Waals surface area contributed by atoms with E-state index in [0.717, 1.165) is 30.3 Å². The Morgan fingerprint density at radius 3 is 2.60 bits per heavy atom. The third kappa shape index (κ3) is 2.60. The molecule has 1 aromatic heterocycles. The maximum Gasteiger partial charge on any atom is 0.338 e. The van der Waals surface area contributed by atoms with E-state index in [0.29, 0.717) is 6.07 Å². The summed E-state index contributed by atoms with van der Waals surface area (Å²) in [6.45, 7) is 1.49. The Morgan fingerprint density at radius 2 is 1.93 bits per heavy atom. The number of ether oxygens (including phenoxy) is 1. The van der Waals surface area contributed by atoms with Gasteiger partial charge in [0.2, 0.25) is 5.54 Å². The van der Waals surface area contributed by atoms with Crippen LogP contribution in [0.25, 0.3) is 0 Å². The van der Waals surface area contributed by atoms with Gasteiger partial charge >= 0.3 is 5.97 Å². The molecule has 30 heavy (non-hydrogen) atoms. The number of hydrogen-bond acceptors (Lipinski definition) is 6. The maximum absolute atomic E-state index is 14.4. The fraction of sp³-hybridized carbons (Fsp3) is 0.200. The highest BCUT2D eigenvalue weighted by molar-refractivity contribution is 6.18. The van der Waals surface area contributed by atoms with Gasteiger partial charge in [-0.2, -0.15) is 0 Å². The van der Waals surface area contributed by atoms with E-state index in [9.17, 15) is 22.8 Å². The number of esters is 1. The molecule has 154 valence electrons. The number of allylic oxidation sites excluding steroid dienone is 1. The Morgan fingerprint density at radius 1 is 1.20 bits per heavy atom. The third-order valence-electron chi connectivity index (χ3n) is 5.07. The minimum absolute atomic E-state index is 0.126. The summed E-state index contributed by atoms with van der Waals surface area (Å²) in [7, 11) is 2.55. The van der Waals surface area contributed by atoms with Crippen LogP contribution in [0.2, 0.25) is 0 Å². The second-order valence-electron chi connectivity index (χ2n) is 6.80. The van der Waals surface area contributed by atoms with Gasteiger partial charge in [-0.25, -0.2) is 27.9 Å². The number of hydrogen-bond donors (Lipinski definition) is 1. The van der Waals surface area contributed by atoms with Crippen molar-refractivity contribution in [3.05, 3.63) is 70.4 Å². The topological polar surface area (TPSA) is 83.9 Å². The fourth-order valence-corrected chi connectivity index (χ4v) is 3.77.